The average molecular weight is 515 g/mol. The zero-order valence-corrected chi connectivity index (χ0v) is 19.5. The molecule has 4 N–H and O–H groups in total. The number of carbonyl (C=O) groups excluding carboxylic acids is 2. The highest BCUT2D eigenvalue weighted by Crippen LogP contribution is 2.31. The number of nitrogens with two attached hydrogens (primary N) is 1. The van der Waals surface area contributed by atoms with E-state index < -0.39 is 23.9 Å². The highest BCUT2D eigenvalue weighted by atomic mass is 19.4. The molecule has 0 radical (unpaired) electrons. The minimum absolute atomic E-state index is 0.0128. The Morgan fingerprint density at radius 2 is 1.76 bits per heavy atom. The van der Waals surface area contributed by atoms with Crippen LogP contribution in [0, 0.1) is 0 Å². The second kappa shape index (κ2) is 11.3. The average Bonchev–Trinajstić information content (AvgIpc) is 2.86. The summed E-state index contributed by atoms with van der Waals surface area (Å²) in [6.07, 6.45) is -3.53. The van der Waals surface area contributed by atoms with Crippen LogP contribution in [0.15, 0.2) is 60.8 Å². The van der Waals surface area contributed by atoms with Crippen LogP contribution >= 0.6 is 0 Å². The molecule has 0 bridgehead atoms. The number of halogens is 3. The molecule has 0 spiro atoms. The first-order valence-electron chi connectivity index (χ1n) is 11.3. The number of rotatable bonds is 7. The molecule has 3 aromatic rings. The standard InChI is InChI=1S/C25H24F3N5O4/c26-25(27,28)37-22-8-3-17(13-21(22)32-23(34)15-33-9-11-36-12-10-33)24(35)31-19-6-7-20(30-14-19)16-1-4-18(29)5-2-16/h1-8,13-14H,9-12,15,29H2,(H,31,35)(H,32,34). The lowest BCUT2D eigenvalue weighted by Crippen LogP contribution is -2.41. The Bertz CT molecular complexity index is 1240. The fraction of sp³-hybridized carbons (Fsp3) is 0.240. The second-order valence-electron chi connectivity index (χ2n) is 8.20. The van der Waals surface area contributed by atoms with E-state index >= 15 is 0 Å². The summed E-state index contributed by atoms with van der Waals surface area (Å²) in [5, 5.41) is 5.06. The Labute approximate surface area is 210 Å². The third-order valence-corrected chi connectivity index (χ3v) is 5.44. The summed E-state index contributed by atoms with van der Waals surface area (Å²) in [4.78, 5) is 31.4. The zero-order chi connectivity index (χ0) is 26.4. The summed E-state index contributed by atoms with van der Waals surface area (Å²) in [6, 6.07) is 13.8. The summed E-state index contributed by atoms with van der Waals surface area (Å²) < 4.78 is 48.0. The first kappa shape index (κ1) is 25.9. The van der Waals surface area contributed by atoms with Gasteiger partial charge < -0.3 is 25.8 Å². The molecule has 0 unspecified atom stereocenters. The molecule has 0 atom stereocenters. The molecule has 2 heterocycles. The van der Waals surface area contributed by atoms with Crippen LogP contribution in [0.25, 0.3) is 11.3 Å². The van der Waals surface area contributed by atoms with E-state index in [0.29, 0.717) is 43.4 Å². The Kier molecular flexibility index (Phi) is 7.89. The van der Waals surface area contributed by atoms with Crippen molar-refractivity contribution < 1.29 is 32.2 Å². The number of amides is 2. The van der Waals surface area contributed by atoms with Gasteiger partial charge in [0.2, 0.25) is 5.91 Å². The van der Waals surface area contributed by atoms with Gasteiger partial charge in [-0.15, -0.1) is 13.2 Å². The van der Waals surface area contributed by atoms with Crippen molar-refractivity contribution in [1.82, 2.24) is 9.88 Å². The Balaban J connectivity index is 1.48. The van der Waals surface area contributed by atoms with Crippen molar-refractivity contribution in [2.45, 2.75) is 6.36 Å². The first-order chi connectivity index (χ1) is 17.7. The minimum Gasteiger partial charge on any atom is -0.404 e. The third-order valence-electron chi connectivity index (χ3n) is 5.44. The molecule has 0 saturated carbocycles. The van der Waals surface area contributed by atoms with Gasteiger partial charge in [-0.3, -0.25) is 19.5 Å². The fourth-order valence-electron chi connectivity index (χ4n) is 3.63. The van der Waals surface area contributed by atoms with Crippen LogP contribution in [0.1, 0.15) is 10.4 Å². The van der Waals surface area contributed by atoms with Crippen molar-refractivity contribution in [3.8, 4) is 17.0 Å². The topological polar surface area (TPSA) is 119 Å². The van der Waals surface area contributed by atoms with E-state index in [0.717, 1.165) is 17.7 Å². The van der Waals surface area contributed by atoms with Crippen molar-refractivity contribution in [2.75, 3.05) is 49.2 Å². The normalized spacial score (nSPS) is 14.1. The monoisotopic (exact) mass is 515 g/mol. The summed E-state index contributed by atoms with van der Waals surface area (Å²) in [6.45, 7) is 1.92. The lowest BCUT2D eigenvalue weighted by atomic mass is 10.1. The van der Waals surface area contributed by atoms with E-state index in [1.165, 1.54) is 12.3 Å². The molecule has 0 aliphatic carbocycles. The van der Waals surface area contributed by atoms with E-state index in [-0.39, 0.29) is 17.8 Å². The Morgan fingerprint density at radius 3 is 2.41 bits per heavy atom. The number of alkyl halides is 3. The number of anilines is 3. The number of hydrogen-bond donors (Lipinski definition) is 3. The van der Waals surface area contributed by atoms with Crippen LogP contribution < -0.4 is 21.1 Å². The number of ether oxygens (including phenoxy) is 2. The van der Waals surface area contributed by atoms with Gasteiger partial charge in [-0.2, -0.15) is 0 Å². The maximum Gasteiger partial charge on any atom is 0.573 e. The van der Waals surface area contributed by atoms with Crippen molar-refractivity contribution in [3.05, 3.63) is 66.4 Å². The van der Waals surface area contributed by atoms with E-state index in [4.69, 9.17) is 10.5 Å². The zero-order valence-electron chi connectivity index (χ0n) is 19.5. The van der Waals surface area contributed by atoms with Crippen molar-refractivity contribution in [3.63, 3.8) is 0 Å². The van der Waals surface area contributed by atoms with Crippen molar-refractivity contribution in [2.24, 2.45) is 0 Å². The maximum absolute atomic E-state index is 12.9. The van der Waals surface area contributed by atoms with E-state index in [2.05, 4.69) is 20.4 Å². The van der Waals surface area contributed by atoms with Crippen LogP contribution in [0.4, 0.5) is 30.2 Å². The van der Waals surface area contributed by atoms with Gasteiger partial charge in [0.05, 0.1) is 43.0 Å². The highest BCUT2D eigenvalue weighted by molar-refractivity contribution is 6.06. The number of hydrogen-bond acceptors (Lipinski definition) is 7. The number of pyridine rings is 1. The van der Waals surface area contributed by atoms with Crippen LogP contribution in [-0.4, -0.2) is 60.9 Å². The molecule has 4 rings (SSSR count). The maximum atomic E-state index is 12.9. The molecular weight excluding hydrogens is 491 g/mol. The number of nitrogen functional groups attached to an aromatic ring is 1. The first-order valence-corrected chi connectivity index (χ1v) is 11.3. The second-order valence-corrected chi connectivity index (χ2v) is 8.20. The third kappa shape index (κ3) is 7.41. The highest BCUT2D eigenvalue weighted by Gasteiger charge is 2.32. The van der Waals surface area contributed by atoms with Gasteiger partial charge in [0.25, 0.3) is 5.91 Å². The number of nitrogens with zero attached hydrogens (tertiary/aromatic N) is 2. The van der Waals surface area contributed by atoms with Crippen molar-refractivity contribution in [1.29, 1.82) is 0 Å². The smallest absolute Gasteiger partial charge is 0.404 e. The molecule has 1 aliphatic rings. The van der Waals surface area contributed by atoms with E-state index in [1.54, 1.807) is 29.2 Å². The SMILES string of the molecule is Nc1ccc(-c2ccc(NC(=O)c3ccc(OC(F)(F)F)c(NC(=O)CN4CCOCC4)c3)cn2)cc1. The lowest BCUT2D eigenvalue weighted by Gasteiger charge is -2.26. The Morgan fingerprint density at radius 1 is 1.03 bits per heavy atom. The molecule has 2 amide bonds. The van der Waals surface area contributed by atoms with Crippen LogP contribution in [0.2, 0.25) is 0 Å². The molecule has 37 heavy (non-hydrogen) atoms. The lowest BCUT2D eigenvalue weighted by molar-refractivity contribution is -0.274. The molecule has 1 aliphatic heterocycles. The number of carbonyl (C=O) groups is 2. The molecule has 1 aromatic heterocycles. The summed E-state index contributed by atoms with van der Waals surface area (Å²) >= 11 is 0. The van der Waals surface area contributed by atoms with Gasteiger partial charge >= 0.3 is 6.36 Å². The number of nitrogens with one attached hydrogen (secondary N) is 2. The summed E-state index contributed by atoms with van der Waals surface area (Å²) in [5.41, 5.74) is 7.93. The molecule has 2 aromatic carbocycles. The van der Waals surface area contributed by atoms with Crippen LogP contribution in [0.3, 0.4) is 0 Å². The van der Waals surface area contributed by atoms with Gasteiger partial charge in [-0.05, 0) is 42.5 Å². The molecule has 1 fully saturated rings. The molecule has 194 valence electrons. The Hall–Kier alpha value is -4.16. The predicted octanol–water partition coefficient (Wildman–Crippen LogP) is 3.75. The molecule has 1 saturated heterocycles. The molecular formula is C25H24F3N5O4. The molecule has 9 nitrogen and oxygen atoms in total. The van der Waals surface area contributed by atoms with Gasteiger partial charge in [0, 0.05) is 29.9 Å². The van der Waals surface area contributed by atoms with Crippen LogP contribution in [0.5, 0.6) is 5.75 Å². The van der Waals surface area contributed by atoms with Crippen LogP contribution in [-0.2, 0) is 9.53 Å². The summed E-state index contributed by atoms with van der Waals surface area (Å²) in [7, 11) is 0. The largest absolute Gasteiger partial charge is 0.573 e. The summed E-state index contributed by atoms with van der Waals surface area (Å²) in [5.74, 6) is -1.79. The quantitative estimate of drug-likeness (QED) is 0.410. The van der Waals surface area contributed by atoms with E-state index in [1.807, 2.05) is 12.1 Å². The van der Waals surface area contributed by atoms with Crippen molar-refractivity contribution >= 4 is 28.9 Å². The van der Waals surface area contributed by atoms with E-state index in [9.17, 15) is 22.8 Å². The van der Waals surface area contributed by atoms with Gasteiger partial charge in [0.15, 0.2) is 5.75 Å². The number of morpholine rings is 1. The van der Waals surface area contributed by atoms with Gasteiger partial charge in [-0.25, -0.2) is 0 Å². The van der Waals surface area contributed by atoms with Gasteiger partial charge in [0.1, 0.15) is 0 Å². The molecule has 12 heteroatoms. The van der Waals surface area contributed by atoms with Gasteiger partial charge in [-0.1, -0.05) is 12.1 Å². The number of aromatic nitrogens is 1. The fourth-order valence-corrected chi connectivity index (χ4v) is 3.63. The number of benzene rings is 2. The predicted molar refractivity (Wildman–Crippen MR) is 131 cm³/mol. The minimum atomic E-state index is -4.98.